The van der Waals surface area contributed by atoms with Crippen LogP contribution in [-0.4, -0.2) is 48.6 Å². The average Bonchev–Trinajstić information content (AvgIpc) is 2.57. The highest BCUT2D eigenvalue weighted by Gasteiger charge is 2.28. The maximum absolute atomic E-state index is 12.6. The molecule has 1 aromatic rings. The first-order valence-electron chi connectivity index (χ1n) is 8.35. The van der Waals surface area contributed by atoms with Crippen molar-refractivity contribution in [3.63, 3.8) is 0 Å². The zero-order chi connectivity index (χ0) is 19.3. The van der Waals surface area contributed by atoms with Crippen LogP contribution < -0.4 is 10.6 Å². The van der Waals surface area contributed by atoms with Crippen LogP contribution in [0.1, 0.15) is 36.5 Å². The predicted molar refractivity (Wildman–Crippen MR) is 93.4 cm³/mol. The molecule has 1 aliphatic rings. The molecular weight excluding hydrogens is 371 g/mol. The monoisotopic (exact) mass is 391 g/mol. The zero-order valence-corrected chi connectivity index (χ0v) is 15.1. The van der Waals surface area contributed by atoms with E-state index in [9.17, 15) is 22.8 Å². The Kier molecular flexibility index (Phi) is 6.75. The summed E-state index contributed by atoms with van der Waals surface area (Å²) in [5, 5.41) is 4.68. The van der Waals surface area contributed by atoms with Gasteiger partial charge in [-0.1, -0.05) is 11.6 Å². The summed E-state index contributed by atoms with van der Waals surface area (Å²) in [4.78, 5) is 25.8. The second kappa shape index (κ2) is 8.62. The van der Waals surface area contributed by atoms with Crippen LogP contribution in [0.4, 0.5) is 18.9 Å². The number of nitrogens with zero attached hydrogens (tertiary/aromatic N) is 1. The van der Waals surface area contributed by atoms with Crippen LogP contribution in [0, 0.1) is 0 Å². The van der Waals surface area contributed by atoms with Crippen molar-refractivity contribution in [3.05, 3.63) is 28.8 Å². The number of amides is 2. The largest absolute Gasteiger partial charge is 0.405 e. The maximum atomic E-state index is 12.6. The van der Waals surface area contributed by atoms with Crippen molar-refractivity contribution in [2.24, 2.45) is 0 Å². The Hall–Kier alpha value is -1.96. The van der Waals surface area contributed by atoms with Gasteiger partial charge in [0.05, 0.1) is 17.1 Å². The highest BCUT2D eigenvalue weighted by atomic mass is 35.5. The van der Waals surface area contributed by atoms with Gasteiger partial charge in [0.25, 0.3) is 5.91 Å². The van der Waals surface area contributed by atoms with E-state index in [0.717, 1.165) is 19.3 Å². The fraction of sp³-hybridized carbons (Fsp3) is 0.529. The summed E-state index contributed by atoms with van der Waals surface area (Å²) in [5.74, 6) is -0.933. The number of benzene rings is 1. The minimum atomic E-state index is -4.45. The second-order valence-electron chi connectivity index (χ2n) is 6.28. The van der Waals surface area contributed by atoms with E-state index < -0.39 is 18.6 Å². The number of halogens is 4. The Balaban J connectivity index is 1.94. The van der Waals surface area contributed by atoms with Gasteiger partial charge in [0.15, 0.2) is 0 Å². The number of piperidine rings is 1. The number of alkyl halides is 3. The third-order valence-corrected chi connectivity index (χ3v) is 4.52. The molecule has 1 atom stereocenters. The van der Waals surface area contributed by atoms with Crippen molar-refractivity contribution in [3.8, 4) is 0 Å². The van der Waals surface area contributed by atoms with Crippen LogP contribution in [0.25, 0.3) is 0 Å². The van der Waals surface area contributed by atoms with Crippen molar-refractivity contribution >= 4 is 29.1 Å². The number of carbonyl (C=O) groups is 2. The Labute approximate surface area is 154 Å². The van der Waals surface area contributed by atoms with E-state index >= 15 is 0 Å². The highest BCUT2D eigenvalue weighted by Crippen LogP contribution is 2.25. The van der Waals surface area contributed by atoms with Gasteiger partial charge in [-0.25, -0.2) is 0 Å². The Morgan fingerprint density at radius 1 is 1.31 bits per heavy atom. The Morgan fingerprint density at radius 3 is 2.65 bits per heavy atom. The van der Waals surface area contributed by atoms with Crippen LogP contribution in [0.3, 0.4) is 0 Å². The fourth-order valence-corrected chi connectivity index (χ4v) is 3.06. The fourth-order valence-electron chi connectivity index (χ4n) is 2.80. The van der Waals surface area contributed by atoms with E-state index in [1.165, 1.54) is 6.07 Å². The molecule has 0 saturated carbocycles. The minimum Gasteiger partial charge on any atom is -0.376 e. The van der Waals surface area contributed by atoms with Gasteiger partial charge in [-0.05, 0) is 44.4 Å². The van der Waals surface area contributed by atoms with Crippen LogP contribution in [0.15, 0.2) is 18.2 Å². The Bertz CT molecular complexity index is 667. The SMILES string of the molecule is CC1CCCCN1C(=O)c1ccc(NCC(=O)NCC(F)(F)F)cc1Cl. The third-order valence-electron chi connectivity index (χ3n) is 4.20. The van der Waals surface area contributed by atoms with Gasteiger partial charge in [0.1, 0.15) is 6.54 Å². The molecule has 1 saturated heterocycles. The van der Waals surface area contributed by atoms with Crippen molar-refractivity contribution in [1.29, 1.82) is 0 Å². The molecule has 1 aliphatic heterocycles. The molecule has 1 heterocycles. The van der Waals surface area contributed by atoms with Crippen molar-refractivity contribution < 1.29 is 22.8 Å². The summed E-state index contributed by atoms with van der Waals surface area (Å²) < 4.78 is 36.1. The van der Waals surface area contributed by atoms with Gasteiger partial charge in [-0.15, -0.1) is 0 Å². The van der Waals surface area contributed by atoms with Crippen LogP contribution >= 0.6 is 11.6 Å². The molecule has 144 valence electrons. The molecule has 1 fully saturated rings. The van der Waals surface area contributed by atoms with Crippen molar-refractivity contribution in [2.45, 2.75) is 38.4 Å². The quantitative estimate of drug-likeness (QED) is 0.808. The molecule has 1 aromatic carbocycles. The lowest BCUT2D eigenvalue weighted by atomic mass is 10.0. The number of hydrogen-bond acceptors (Lipinski definition) is 3. The number of hydrogen-bond donors (Lipinski definition) is 2. The van der Waals surface area contributed by atoms with E-state index in [1.54, 1.807) is 22.3 Å². The molecule has 0 spiro atoms. The van der Waals surface area contributed by atoms with E-state index in [1.807, 2.05) is 6.92 Å². The first kappa shape index (κ1) is 20.4. The Morgan fingerprint density at radius 2 is 2.04 bits per heavy atom. The van der Waals surface area contributed by atoms with Crippen LogP contribution in [0.5, 0.6) is 0 Å². The molecule has 2 rings (SSSR count). The van der Waals surface area contributed by atoms with Gasteiger partial charge in [-0.3, -0.25) is 9.59 Å². The summed E-state index contributed by atoms with van der Waals surface area (Å²) in [6.45, 7) is 0.981. The maximum Gasteiger partial charge on any atom is 0.405 e. The summed E-state index contributed by atoms with van der Waals surface area (Å²) in [6.07, 6.45) is -1.44. The van der Waals surface area contributed by atoms with Crippen molar-refractivity contribution in [2.75, 3.05) is 25.0 Å². The number of anilines is 1. The van der Waals surface area contributed by atoms with Gasteiger partial charge in [0, 0.05) is 18.3 Å². The average molecular weight is 392 g/mol. The summed E-state index contributed by atoms with van der Waals surface area (Å²) in [6, 6.07) is 4.77. The molecule has 2 amide bonds. The lowest BCUT2D eigenvalue weighted by Crippen LogP contribution is -2.42. The minimum absolute atomic E-state index is 0.142. The first-order chi connectivity index (χ1) is 12.2. The third kappa shape index (κ3) is 5.79. The zero-order valence-electron chi connectivity index (χ0n) is 14.3. The lowest BCUT2D eigenvalue weighted by Gasteiger charge is -2.33. The summed E-state index contributed by atoms with van der Waals surface area (Å²) >= 11 is 6.19. The normalized spacial score (nSPS) is 17.7. The number of rotatable bonds is 5. The molecule has 9 heteroatoms. The molecule has 5 nitrogen and oxygen atoms in total. The molecule has 2 N–H and O–H groups in total. The van der Waals surface area contributed by atoms with Gasteiger partial charge >= 0.3 is 6.18 Å². The topological polar surface area (TPSA) is 61.4 Å². The van der Waals surface area contributed by atoms with Gasteiger partial charge < -0.3 is 15.5 Å². The van der Waals surface area contributed by atoms with Crippen molar-refractivity contribution in [1.82, 2.24) is 10.2 Å². The second-order valence-corrected chi connectivity index (χ2v) is 6.69. The lowest BCUT2D eigenvalue weighted by molar-refractivity contribution is -0.137. The summed E-state index contributed by atoms with van der Waals surface area (Å²) in [5.41, 5.74) is 0.813. The molecule has 1 unspecified atom stereocenters. The molecule has 0 aromatic heterocycles. The smallest absolute Gasteiger partial charge is 0.376 e. The van der Waals surface area contributed by atoms with Gasteiger partial charge in [0.2, 0.25) is 5.91 Å². The number of nitrogens with one attached hydrogen (secondary N) is 2. The number of likely N-dealkylation sites (tertiary alicyclic amines) is 1. The van der Waals surface area contributed by atoms with E-state index in [0.29, 0.717) is 17.8 Å². The van der Waals surface area contributed by atoms with Gasteiger partial charge in [-0.2, -0.15) is 13.2 Å². The molecule has 0 bridgehead atoms. The molecule has 0 aliphatic carbocycles. The molecular formula is C17H21ClF3N3O2. The van der Waals surface area contributed by atoms with Crippen LogP contribution in [-0.2, 0) is 4.79 Å². The number of carbonyl (C=O) groups excluding carboxylic acids is 2. The van der Waals surface area contributed by atoms with E-state index in [4.69, 9.17) is 11.6 Å². The molecule has 26 heavy (non-hydrogen) atoms. The van der Waals surface area contributed by atoms with E-state index in [-0.39, 0.29) is 23.5 Å². The van der Waals surface area contributed by atoms with Crippen LogP contribution in [0.2, 0.25) is 5.02 Å². The standard InChI is InChI=1S/C17H21ClF3N3O2/c1-11-4-2-3-7-24(11)16(26)13-6-5-12(8-14(13)18)22-9-15(25)23-10-17(19,20)21/h5-6,8,11,22H,2-4,7,9-10H2,1H3,(H,23,25). The highest BCUT2D eigenvalue weighted by molar-refractivity contribution is 6.34. The first-order valence-corrected chi connectivity index (χ1v) is 8.73. The molecule has 0 radical (unpaired) electrons. The van der Waals surface area contributed by atoms with E-state index in [2.05, 4.69) is 5.32 Å². The summed E-state index contributed by atoms with van der Waals surface area (Å²) in [7, 11) is 0. The predicted octanol–water partition coefficient (Wildman–Crippen LogP) is 3.45.